The van der Waals surface area contributed by atoms with Crippen LogP contribution in [0, 0.1) is 11.6 Å². The molecule has 0 bridgehead atoms. The van der Waals surface area contributed by atoms with Crippen molar-refractivity contribution in [3.8, 4) is 11.1 Å². The van der Waals surface area contributed by atoms with Gasteiger partial charge in [-0.05, 0) is 63.7 Å². The molecule has 1 unspecified atom stereocenters. The molecule has 0 saturated heterocycles. The third-order valence-corrected chi connectivity index (χ3v) is 7.91. The van der Waals surface area contributed by atoms with Gasteiger partial charge in [0.05, 0.1) is 24.0 Å². The summed E-state index contributed by atoms with van der Waals surface area (Å²) >= 11 is 0. The van der Waals surface area contributed by atoms with Gasteiger partial charge in [-0.2, -0.15) is 0 Å². The van der Waals surface area contributed by atoms with E-state index in [9.17, 15) is 18.7 Å². The van der Waals surface area contributed by atoms with Crippen LogP contribution in [0.25, 0.3) is 11.1 Å². The standard InChI is InChI=1S/C34H30F2N2O3/c35-27-12-10-26(11-13-27)34(15-4-16-41-34)21-37-20-22-7-8-25-19-31(39)32(29(25)17-22)38-33(40)28-14-9-24(18-30(28)36)23-5-2-1-3-6-23/h1-14,16-18,31-32,37,39H,15,19-21H2,(H,38,40)/t31-,32-,34?/m1/s1. The van der Waals surface area contributed by atoms with E-state index in [4.69, 9.17) is 4.74 Å². The molecule has 41 heavy (non-hydrogen) atoms. The van der Waals surface area contributed by atoms with Crippen LogP contribution in [-0.4, -0.2) is 23.7 Å². The van der Waals surface area contributed by atoms with Crippen molar-refractivity contribution in [3.05, 3.63) is 143 Å². The van der Waals surface area contributed by atoms with Crippen LogP contribution in [0.15, 0.2) is 103 Å². The molecule has 1 aliphatic heterocycles. The Hall–Kier alpha value is -4.33. The van der Waals surface area contributed by atoms with Gasteiger partial charge < -0.3 is 20.5 Å². The van der Waals surface area contributed by atoms with Crippen molar-refractivity contribution in [2.24, 2.45) is 0 Å². The van der Waals surface area contributed by atoms with E-state index in [1.807, 2.05) is 54.6 Å². The highest BCUT2D eigenvalue weighted by Crippen LogP contribution is 2.35. The second kappa shape index (κ2) is 11.3. The number of aliphatic hydroxyl groups is 1. The summed E-state index contributed by atoms with van der Waals surface area (Å²) in [6.07, 6.45) is 3.87. The van der Waals surface area contributed by atoms with Crippen LogP contribution in [0.2, 0.25) is 0 Å². The summed E-state index contributed by atoms with van der Waals surface area (Å²) in [5, 5.41) is 17.1. The lowest BCUT2D eigenvalue weighted by Gasteiger charge is -2.30. The largest absolute Gasteiger partial charge is 0.489 e. The summed E-state index contributed by atoms with van der Waals surface area (Å²) in [7, 11) is 0. The number of benzene rings is 4. The lowest BCUT2D eigenvalue weighted by Crippen LogP contribution is -2.37. The quantitative estimate of drug-likeness (QED) is 0.253. The number of hydrogen-bond donors (Lipinski definition) is 3. The minimum Gasteiger partial charge on any atom is -0.489 e. The van der Waals surface area contributed by atoms with E-state index in [0.29, 0.717) is 31.5 Å². The first-order valence-electron chi connectivity index (χ1n) is 13.7. The topological polar surface area (TPSA) is 70.6 Å². The summed E-state index contributed by atoms with van der Waals surface area (Å²) in [5.41, 5.74) is 4.48. The molecule has 0 radical (unpaired) electrons. The van der Waals surface area contributed by atoms with Gasteiger partial charge in [-0.1, -0.05) is 66.7 Å². The van der Waals surface area contributed by atoms with E-state index in [-0.39, 0.29) is 11.4 Å². The number of ether oxygens (including phenoxy) is 1. The molecule has 5 nitrogen and oxygen atoms in total. The lowest BCUT2D eigenvalue weighted by atomic mass is 9.91. The lowest BCUT2D eigenvalue weighted by molar-refractivity contribution is 0.0408. The summed E-state index contributed by atoms with van der Waals surface area (Å²) < 4.78 is 34.4. The molecule has 3 atom stereocenters. The van der Waals surface area contributed by atoms with Crippen molar-refractivity contribution in [2.45, 2.75) is 37.1 Å². The molecule has 3 N–H and O–H groups in total. The molecule has 7 heteroatoms. The van der Waals surface area contributed by atoms with Gasteiger partial charge in [0, 0.05) is 25.9 Å². The van der Waals surface area contributed by atoms with Gasteiger partial charge in [-0.3, -0.25) is 4.79 Å². The van der Waals surface area contributed by atoms with E-state index in [0.717, 1.165) is 27.8 Å². The molecule has 0 spiro atoms. The van der Waals surface area contributed by atoms with Crippen LogP contribution in [-0.2, 0) is 23.3 Å². The third kappa shape index (κ3) is 5.51. The van der Waals surface area contributed by atoms with Crippen molar-refractivity contribution < 1.29 is 23.4 Å². The Kier molecular flexibility index (Phi) is 7.39. The maximum atomic E-state index is 15.0. The zero-order valence-corrected chi connectivity index (χ0v) is 22.3. The minimum absolute atomic E-state index is 0.0700. The third-order valence-electron chi connectivity index (χ3n) is 7.91. The predicted molar refractivity (Wildman–Crippen MR) is 153 cm³/mol. The fraction of sp³-hybridized carbons (Fsp3) is 0.206. The number of carbonyl (C=O) groups is 1. The molecule has 0 aromatic heterocycles. The molecule has 4 aromatic rings. The van der Waals surface area contributed by atoms with Crippen molar-refractivity contribution in [2.75, 3.05) is 6.54 Å². The first-order chi connectivity index (χ1) is 19.9. The van der Waals surface area contributed by atoms with Gasteiger partial charge in [0.1, 0.15) is 17.2 Å². The summed E-state index contributed by atoms with van der Waals surface area (Å²) in [6, 6.07) is 25.6. The highest BCUT2D eigenvalue weighted by atomic mass is 19.1. The molecule has 4 aromatic carbocycles. The van der Waals surface area contributed by atoms with Crippen LogP contribution in [0.3, 0.4) is 0 Å². The molecular formula is C34H30F2N2O3. The van der Waals surface area contributed by atoms with E-state index >= 15 is 0 Å². The van der Waals surface area contributed by atoms with Crippen molar-refractivity contribution in [1.82, 2.24) is 10.6 Å². The van der Waals surface area contributed by atoms with E-state index < -0.39 is 29.5 Å². The van der Waals surface area contributed by atoms with Crippen LogP contribution in [0.1, 0.15) is 45.1 Å². The highest BCUT2D eigenvalue weighted by Gasteiger charge is 2.36. The molecule has 2 aliphatic rings. The van der Waals surface area contributed by atoms with Gasteiger partial charge in [-0.15, -0.1) is 0 Å². The van der Waals surface area contributed by atoms with Crippen LogP contribution < -0.4 is 10.6 Å². The number of halogens is 2. The average Bonchev–Trinajstić information content (AvgIpc) is 3.58. The number of rotatable bonds is 8. The van der Waals surface area contributed by atoms with Gasteiger partial charge in [0.15, 0.2) is 0 Å². The molecule has 1 aliphatic carbocycles. The number of carbonyl (C=O) groups excluding carboxylic acids is 1. The fourth-order valence-electron chi connectivity index (χ4n) is 5.71. The summed E-state index contributed by atoms with van der Waals surface area (Å²) in [6.45, 7) is 1.02. The molecule has 6 rings (SSSR count). The zero-order chi connectivity index (χ0) is 28.4. The Balaban J connectivity index is 1.14. The normalized spacial score (nSPS) is 21.0. The average molecular weight is 553 g/mol. The Bertz CT molecular complexity index is 1580. The number of hydrogen-bond acceptors (Lipinski definition) is 4. The van der Waals surface area contributed by atoms with Gasteiger partial charge >= 0.3 is 0 Å². The summed E-state index contributed by atoms with van der Waals surface area (Å²) in [5.74, 6) is -1.49. The second-order valence-electron chi connectivity index (χ2n) is 10.6. The Morgan fingerprint density at radius 1 is 0.951 bits per heavy atom. The number of fused-ring (bicyclic) bond motifs is 1. The number of amides is 1. The monoisotopic (exact) mass is 552 g/mol. The molecule has 208 valence electrons. The van der Waals surface area contributed by atoms with Crippen LogP contribution >= 0.6 is 0 Å². The fourth-order valence-corrected chi connectivity index (χ4v) is 5.71. The Morgan fingerprint density at radius 3 is 2.49 bits per heavy atom. The Labute approximate surface area is 237 Å². The van der Waals surface area contributed by atoms with Crippen LogP contribution in [0.5, 0.6) is 0 Å². The first kappa shape index (κ1) is 26.9. The minimum atomic E-state index is -0.816. The first-order valence-corrected chi connectivity index (χ1v) is 13.7. The van der Waals surface area contributed by atoms with Crippen molar-refractivity contribution in [3.63, 3.8) is 0 Å². The molecule has 0 fully saturated rings. The SMILES string of the molecule is O=C(N[C@@H]1c2cc(CNCC3(c4ccc(F)cc4)CC=CO3)ccc2C[C@H]1O)c1ccc(-c2ccccc2)cc1F. The maximum absolute atomic E-state index is 15.0. The highest BCUT2D eigenvalue weighted by molar-refractivity contribution is 5.95. The number of aliphatic hydroxyl groups excluding tert-OH is 1. The number of nitrogens with one attached hydrogen (secondary N) is 2. The second-order valence-corrected chi connectivity index (χ2v) is 10.6. The van der Waals surface area contributed by atoms with E-state index in [1.54, 1.807) is 24.5 Å². The van der Waals surface area contributed by atoms with Crippen molar-refractivity contribution in [1.29, 1.82) is 0 Å². The Morgan fingerprint density at radius 2 is 1.76 bits per heavy atom. The maximum Gasteiger partial charge on any atom is 0.254 e. The molecular weight excluding hydrogens is 522 g/mol. The molecule has 1 amide bonds. The zero-order valence-electron chi connectivity index (χ0n) is 22.3. The van der Waals surface area contributed by atoms with E-state index in [2.05, 4.69) is 10.6 Å². The van der Waals surface area contributed by atoms with Gasteiger partial charge in [-0.25, -0.2) is 8.78 Å². The van der Waals surface area contributed by atoms with Gasteiger partial charge in [0.25, 0.3) is 5.91 Å². The van der Waals surface area contributed by atoms with Crippen LogP contribution in [0.4, 0.5) is 8.78 Å². The molecule has 1 heterocycles. The van der Waals surface area contributed by atoms with Crippen molar-refractivity contribution >= 4 is 5.91 Å². The smallest absolute Gasteiger partial charge is 0.254 e. The van der Waals surface area contributed by atoms with E-state index in [1.165, 1.54) is 24.3 Å². The van der Waals surface area contributed by atoms with Gasteiger partial charge in [0.2, 0.25) is 0 Å². The summed E-state index contributed by atoms with van der Waals surface area (Å²) in [4.78, 5) is 13.1. The molecule has 0 saturated carbocycles. The predicted octanol–water partition coefficient (Wildman–Crippen LogP) is 5.94.